The number of fused-ring (bicyclic) bond motifs is 3. The van der Waals surface area contributed by atoms with Crippen molar-refractivity contribution in [1.29, 1.82) is 0 Å². The number of benzene rings is 1. The zero-order chi connectivity index (χ0) is 18.4. The van der Waals surface area contributed by atoms with Crippen LogP contribution in [0, 0.1) is 11.8 Å². The van der Waals surface area contributed by atoms with Crippen molar-refractivity contribution in [3.8, 4) is 11.5 Å². The fraction of sp³-hybridized carbons (Fsp3) is 0.650. The third-order valence-electron chi connectivity index (χ3n) is 5.26. The van der Waals surface area contributed by atoms with Crippen LogP contribution in [0.1, 0.15) is 50.3 Å². The van der Waals surface area contributed by atoms with E-state index in [1.54, 1.807) is 14.2 Å². The van der Waals surface area contributed by atoms with Crippen molar-refractivity contribution < 1.29 is 19.4 Å². The summed E-state index contributed by atoms with van der Waals surface area (Å²) in [4.78, 5) is 11.1. The van der Waals surface area contributed by atoms with Crippen LogP contribution in [-0.4, -0.2) is 43.8 Å². The van der Waals surface area contributed by atoms with Gasteiger partial charge in [-0.1, -0.05) is 13.8 Å². The molecule has 2 aliphatic rings. The molecule has 0 amide bonds. The third kappa shape index (κ3) is 4.66. The lowest BCUT2D eigenvalue weighted by atomic mass is 9.81. The molecule has 1 aromatic carbocycles. The topological polar surface area (TPSA) is 59.0 Å². The molecule has 2 atom stereocenters. The van der Waals surface area contributed by atoms with Crippen LogP contribution in [0.5, 0.6) is 11.5 Å². The molecule has 0 aliphatic carbocycles. The second-order valence-electron chi connectivity index (χ2n) is 7.35. The van der Waals surface area contributed by atoms with Gasteiger partial charge in [0.05, 0.1) is 14.2 Å². The zero-order valence-corrected chi connectivity index (χ0v) is 15.8. The molecule has 2 unspecified atom stereocenters. The van der Waals surface area contributed by atoms with E-state index in [-0.39, 0.29) is 6.47 Å². The number of ether oxygens (including phenoxy) is 2. The second-order valence-corrected chi connectivity index (χ2v) is 7.35. The van der Waals surface area contributed by atoms with Crippen molar-refractivity contribution in [2.24, 2.45) is 11.8 Å². The van der Waals surface area contributed by atoms with Gasteiger partial charge in [0.2, 0.25) is 0 Å². The highest BCUT2D eigenvalue weighted by atomic mass is 16.5. The zero-order valence-electron chi connectivity index (χ0n) is 15.8. The highest BCUT2D eigenvalue weighted by Gasteiger charge is 2.34. The van der Waals surface area contributed by atoms with E-state index in [9.17, 15) is 0 Å². The van der Waals surface area contributed by atoms with E-state index in [2.05, 4.69) is 30.9 Å². The largest absolute Gasteiger partial charge is 0.493 e. The van der Waals surface area contributed by atoms with Crippen molar-refractivity contribution >= 4 is 6.47 Å². The van der Waals surface area contributed by atoms with Crippen LogP contribution in [0.4, 0.5) is 0 Å². The summed E-state index contributed by atoms with van der Waals surface area (Å²) in [7, 11) is 3.45. The normalized spacial score (nSPS) is 22.3. The highest BCUT2D eigenvalue weighted by molar-refractivity contribution is 5.49. The van der Waals surface area contributed by atoms with Crippen LogP contribution in [0.2, 0.25) is 0 Å². The molecular weight excluding hydrogens is 318 g/mol. The average Bonchev–Trinajstić information content (AvgIpc) is 2.60. The maximum Gasteiger partial charge on any atom is 0.290 e. The van der Waals surface area contributed by atoms with Gasteiger partial charge in [-0.3, -0.25) is 9.69 Å². The molecular formula is C20H31NO4. The lowest BCUT2D eigenvalue weighted by Crippen LogP contribution is -2.42. The summed E-state index contributed by atoms with van der Waals surface area (Å²) < 4.78 is 11.0. The maximum absolute atomic E-state index is 8.36. The Labute approximate surface area is 150 Å². The van der Waals surface area contributed by atoms with E-state index < -0.39 is 0 Å². The second kappa shape index (κ2) is 9.09. The molecule has 1 fully saturated rings. The minimum absolute atomic E-state index is 0.250. The molecule has 0 radical (unpaired) electrons. The minimum atomic E-state index is -0.250. The monoisotopic (exact) mass is 349 g/mol. The quantitative estimate of drug-likeness (QED) is 0.839. The maximum atomic E-state index is 8.36. The Bertz CT molecular complexity index is 573. The number of carboxylic acid groups (broad SMARTS) is 1. The molecule has 1 aromatic rings. The van der Waals surface area contributed by atoms with Crippen molar-refractivity contribution in [2.45, 2.75) is 45.6 Å². The van der Waals surface area contributed by atoms with E-state index in [1.165, 1.54) is 43.5 Å². The Morgan fingerprint density at radius 1 is 1.24 bits per heavy atom. The summed E-state index contributed by atoms with van der Waals surface area (Å²) in [5.41, 5.74) is 2.91. The van der Waals surface area contributed by atoms with Crippen molar-refractivity contribution in [3.05, 3.63) is 23.3 Å². The number of methoxy groups -OCH3 is 2. The SMILES string of the molecule is COc1cc2c(cc1OC)C1CCC(CC(C)C)CN1CC2.O=CO. The first-order valence-corrected chi connectivity index (χ1v) is 9.10. The number of piperidine rings is 1. The first-order chi connectivity index (χ1) is 12.0. The fourth-order valence-electron chi connectivity index (χ4n) is 4.31. The van der Waals surface area contributed by atoms with E-state index in [0.29, 0.717) is 6.04 Å². The molecule has 5 heteroatoms. The number of carbonyl (C=O) groups is 1. The van der Waals surface area contributed by atoms with Gasteiger partial charge in [-0.25, -0.2) is 0 Å². The predicted molar refractivity (Wildman–Crippen MR) is 98.4 cm³/mol. The number of rotatable bonds is 4. The van der Waals surface area contributed by atoms with Gasteiger partial charge < -0.3 is 14.6 Å². The summed E-state index contributed by atoms with van der Waals surface area (Å²) in [6, 6.07) is 4.98. The van der Waals surface area contributed by atoms with Crippen LogP contribution in [-0.2, 0) is 11.2 Å². The van der Waals surface area contributed by atoms with Gasteiger partial charge in [0.15, 0.2) is 11.5 Å². The highest BCUT2D eigenvalue weighted by Crippen LogP contribution is 2.43. The van der Waals surface area contributed by atoms with Crippen LogP contribution < -0.4 is 9.47 Å². The van der Waals surface area contributed by atoms with E-state index in [1.807, 2.05) is 0 Å². The Morgan fingerprint density at radius 3 is 2.48 bits per heavy atom. The molecule has 1 N–H and O–H groups in total. The van der Waals surface area contributed by atoms with Crippen LogP contribution in [0.25, 0.3) is 0 Å². The van der Waals surface area contributed by atoms with E-state index in [4.69, 9.17) is 19.4 Å². The van der Waals surface area contributed by atoms with Gasteiger partial charge in [0, 0.05) is 19.1 Å². The molecule has 0 bridgehead atoms. The molecule has 5 nitrogen and oxygen atoms in total. The van der Waals surface area contributed by atoms with Crippen LogP contribution >= 0.6 is 0 Å². The number of hydrogen-bond donors (Lipinski definition) is 1. The van der Waals surface area contributed by atoms with Gasteiger partial charge in [-0.05, 0) is 60.8 Å². The molecule has 0 spiro atoms. The first-order valence-electron chi connectivity index (χ1n) is 9.10. The summed E-state index contributed by atoms with van der Waals surface area (Å²) >= 11 is 0. The Kier molecular flexibility index (Phi) is 7.12. The standard InChI is InChI=1S/C19H29NO2.CH2O2/c1-13(2)9-14-5-6-17-16-11-19(22-4)18(21-3)10-15(16)7-8-20(17)12-14;2-1-3/h10-11,13-14,17H,5-9,12H2,1-4H3;1H,(H,2,3). The van der Waals surface area contributed by atoms with E-state index >= 15 is 0 Å². The van der Waals surface area contributed by atoms with Crippen LogP contribution in [0.15, 0.2) is 12.1 Å². The third-order valence-corrected chi connectivity index (χ3v) is 5.26. The minimum Gasteiger partial charge on any atom is -0.493 e. The molecule has 3 rings (SSSR count). The predicted octanol–water partition coefficient (Wildman–Crippen LogP) is 3.76. The Hall–Kier alpha value is -1.75. The summed E-state index contributed by atoms with van der Waals surface area (Å²) in [5.74, 6) is 3.41. The lowest BCUT2D eigenvalue weighted by molar-refractivity contribution is -0.122. The summed E-state index contributed by atoms with van der Waals surface area (Å²) in [6.45, 7) is 6.88. The average molecular weight is 349 g/mol. The Balaban J connectivity index is 0.000000701. The van der Waals surface area contributed by atoms with Crippen molar-refractivity contribution in [2.75, 3.05) is 27.3 Å². The van der Waals surface area contributed by atoms with Crippen molar-refractivity contribution in [1.82, 2.24) is 4.90 Å². The van der Waals surface area contributed by atoms with Gasteiger partial charge >= 0.3 is 0 Å². The molecule has 2 heterocycles. The van der Waals surface area contributed by atoms with Gasteiger partial charge in [0.1, 0.15) is 0 Å². The first kappa shape index (κ1) is 19.6. The molecule has 1 saturated heterocycles. The smallest absolute Gasteiger partial charge is 0.290 e. The summed E-state index contributed by atoms with van der Waals surface area (Å²) in [6.07, 6.45) is 5.12. The van der Waals surface area contributed by atoms with Crippen molar-refractivity contribution in [3.63, 3.8) is 0 Å². The van der Waals surface area contributed by atoms with E-state index in [0.717, 1.165) is 29.8 Å². The molecule has 140 valence electrons. The molecule has 2 aliphatic heterocycles. The van der Waals surface area contributed by atoms with Gasteiger partial charge in [0.25, 0.3) is 6.47 Å². The molecule has 0 saturated carbocycles. The van der Waals surface area contributed by atoms with Gasteiger partial charge in [-0.15, -0.1) is 0 Å². The number of nitrogens with zero attached hydrogens (tertiary/aromatic N) is 1. The van der Waals surface area contributed by atoms with Gasteiger partial charge in [-0.2, -0.15) is 0 Å². The molecule has 0 aromatic heterocycles. The molecule has 25 heavy (non-hydrogen) atoms. The Morgan fingerprint density at radius 2 is 1.88 bits per heavy atom. The van der Waals surface area contributed by atoms with Crippen LogP contribution in [0.3, 0.4) is 0 Å². The fourth-order valence-corrected chi connectivity index (χ4v) is 4.31. The summed E-state index contributed by atoms with van der Waals surface area (Å²) in [5, 5.41) is 6.89. The number of hydrogen-bond acceptors (Lipinski definition) is 4. The lowest BCUT2D eigenvalue weighted by Gasteiger charge is -2.44.